The summed E-state index contributed by atoms with van der Waals surface area (Å²) in [6.07, 6.45) is 5.56. The van der Waals surface area contributed by atoms with E-state index in [9.17, 15) is 0 Å². The van der Waals surface area contributed by atoms with E-state index >= 15 is 0 Å². The fraction of sp³-hybridized carbons (Fsp3) is 0.455. The summed E-state index contributed by atoms with van der Waals surface area (Å²) in [6, 6.07) is 2.35. The minimum atomic E-state index is 0.344. The van der Waals surface area contributed by atoms with Gasteiger partial charge in [0, 0.05) is 25.3 Å². The number of fused-ring (bicyclic) bond motifs is 1. The van der Waals surface area contributed by atoms with E-state index in [0.717, 1.165) is 37.0 Å². The van der Waals surface area contributed by atoms with E-state index in [0.29, 0.717) is 11.8 Å². The van der Waals surface area contributed by atoms with Crippen molar-refractivity contribution in [1.29, 1.82) is 0 Å². The second-order valence-corrected chi connectivity index (χ2v) is 4.20. The molecule has 2 aromatic rings. The molecule has 5 nitrogen and oxygen atoms in total. The van der Waals surface area contributed by atoms with Crippen molar-refractivity contribution in [3.63, 3.8) is 0 Å². The largest absolute Gasteiger partial charge is 0.371 e. The zero-order valence-corrected chi connectivity index (χ0v) is 8.97. The van der Waals surface area contributed by atoms with E-state index in [2.05, 4.69) is 15.0 Å². The van der Waals surface area contributed by atoms with Crippen LogP contribution in [0.25, 0.3) is 11.1 Å². The first-order valence-electron chi connectivity index (χ1n) is 5.54. The zero-order valence-electron chi connectivity index (χ0n) is 8.97. The third-order valence-electron chi connectivity index (χ3n) is 3.13. The molecular weight excluding hydrogens is 204 g/mol. The van der Waals surface area contributed by atoms with Crippen molar-refractivity contribution in [2.24, 2.45) is 5.73 Å². The molecule has 0 atom stereocenters. The van der Waals surface area contributed by atoms with E-state index in [-0.39, 0.29) is 0 Å². The summed E-state index contributed by atoms with van der Waals surface area (Å²) in [6.45, 7) is 1.98. The first kappa shape index (κ1) is 9.59. The van der Waals surface area contributed by atoms with Crippen molar-refractivity contribution >= 4 is 16.8 Å². The molecule has 1 saturated heterocycles. The molecule has 3 heterocycles. The molecule has 2 N–H and O–H groups in total. The lowest BCUT2D eigenvalue weighted by molar-refractivity contribution is 0.448. The maximum atomic E-state index is 5.90. The van der Waals surface area contributed by atoms with Crippen molar-refractivity contribution in [2.45, 2.75) is 18.9 Å². The monoisotopic (exact) mass is 218 g/mol. The van der Waals surface area contributed by atoms with Gasteiger partial charge in [-0.1, -0.05) is 5.16 Å². The highest BCUT2D eigenvalue weighted by Gasteiger charge is 2.18. The summed E-state index contributed by atoms with van der Waals surface area (Å²) in [5, 5.41) is 4.77. The fourth-order valence-corrected chi connectivity index (χ4v) is 2.18. The minimum Gasteiger partial charge on any atom is -0.371 e. The maximum absolute atomic E-state index is 5.90. The van der Waals surface area contributed by atoms with Gasteiger partial charge in [0.05, 0.1) is 17.3 Å². The normalized spacial score (nSPS) is 18.2. The molecule has 0 saturated carbocycles. The molecule has 2 aromatic heterocycles. The Morgan fingerprint density at radius 1 is 1.38 bits per heavy atom. The summed E-state index contributed by atoms with van der Waals surface area (Å²) in [7, 11) is 0. The van der Waals surface area contributed by atoms with Crippen LogP contribution in [-0.4, -0.2) is 29.3 Å². The zero-order chi connectivity index (χ0) is 11.0. The van der Waals surface area contributed by atoms with Crippen molar-refractivity contribution in [3.8, 4) is 0 Å². The maximum Gasteiger partial charge on any atom is 0.259 e. The number of nitrogens with zero attached hydrogens (tertiary/aromatic N) is 3. The number of rotatable bonds is 1. The van der Waals surface area contributed by atoms with Crippen LogP contribution in [0.4, 0.5) is 5.69 Å². The number of hydrogen-bond donors (Lipinski definition) is 1. The lowest BCUT2D eigenvalue weighted by Crippen LogP contribution is -2.39. The molecule has 0 bridgehead atoms. The van der Waals surface area contributed by atoms with Gasteiger partial charge >= 0.3 is 0 Å². The van der Waals surface area contributed by atoms with Crippen molar-refractivity contribution in [2.75, 3.05) is 18.0 Å². The lowest BCUT2D eigenvalue weighted by Gasteiger charge is -2.32. The Hall–Kier alpha value is -1.62. The summed E-state index contributed by atoms with van der Waals surface area (Å²) >= 11 is 0. The predicted octanol–water partition coefficient (Wildman–Crippen LogP) is 1.15. The van der Waals surface area contributed by atoms with Gasteiger partial charge in [0.15, 0.2) is 0 Å². The van der Waals surface area contributed by atoms with E-state index in [1.807, 2.05) is 6.07 Å². The van der Waals surface area contributed by atoms with Crippen LogP contribution in [0.5, 0.6) is 0 Å². The van der Waals surface area contributed by atoms with Crippen LogP contribution in [-0.2, 0) is 0 Å². The summed E-state index contributed by atoms with van der Waals surface area (Å²) < 4.78 is 5.06. The molecule has 0 radical (unpaired) electrons. The highest BCUT2D eigenvalue weighted by molar-refractivity contribution is 5.87. The molecule has 3 rings (SSSR count). The standard InChI is InChI=1S/C11H14N4O/c12-8-2-5-15(6-3-8)10-1-4-13-11-9(10)7-14-16-11/h1,4,7-8H,2-3,5-6,12H2. The SMILES string of the molecule is NC1CCN(c2ccnc3oncc23)CC1. The molecule has 0 unspecified atom stereocenters. The first-order valence-corrected chi connectivity index (χ1v) is 5.54. The Labute approximate surface area is 93.2 Å². The molecular formula is C11H14N4O. The van der Waals surface area contributed by atoms with Crippen LogP contribution in [0, 0.1) is 0 Å². The number of aromatic nitrogens is 2. The second kappa shape index (κ2) is 3.75. The van der Waals surface area contributed by atoms with Gasteiger partial charge in [0.1, 0.15) is 0 Å². The van der Waals surface area contributed by atoms with Crippen LogP contribution in [0.1, 0.15) is 12.8 Å². The average Bonchev–Trinajstić information content (AvgIpc) is 2.78. The lowest BCUT2D eigenvalue weighted by atomic mass is 10.1. The minimum absolute atomic E-state index is 0.344. The third-order valence-corrected chi connectivity index (χ3v) is 3.13. The number of pyridine rings is 1. The molecule has 0 aliphatic carbocycles. The predicted molar refractivity (Wildman–Crippen MR) is 61.2 cm³/mol. The quantitative estimate of drug-likeness (QED) is 0.777. The Bertz CT molecular complexity index is 487. The van der Waals surface area contributed by atoms with Gasteiger partial charge < -0.3 is 15.2 Å². The fourth-order valence-electron chi connectivity index (χ4n) is 2.18. The highest BCUT2D eigenvalue weighted by atomic mass is 16.5. The summed E-state index contributed by atoms with van der Waals surface area (Å²) in [5.41, 5.74) is 7.65. The molecule has 0 amide bonds. The molecule has 1 fully saturated rings. The molecule has 0 spiro atoms. The first-order chi connectivity index (χ1) is 7.84. The number of anilines is 1. The van der Waals surface area contributed by atoms with E-state index in [4.69, 9.17) is 10.3 Å². The van der Waals surface area contributed by atoms with Crippen molar-refractivity contribution < 1.29 is 4.52 Å². The average molecular weight is 218 g/mol. The molecule has 1 aliphatic rings. The van der Waals surface area contributed by atoms with Crippen LogP contribution < -0.4 is 10.6 Å². The van der Waals surface area contributed by atoms with E-state index in [1.165, 1.54) is 0 Å². The van der Waals surface area contributed by atoms with Gasteiger partial charge in [-0.05, 0) is 18.9 Å². The number of nitrogens with two attached hydrogens (primary N) is 1. The Morgan fingerprint density at radius 2 is 2.19 bits per heavy atom. The van der Waals surface area contributed by atoms with Gasteiger partial charge in [-0.3, -0.25) is 0 Å². The molecule has 5 heteroatoms. The second-order valence-electron chi connectivity index (χ2n) is 4.20. The highest BCUT2D eigenvalue weighted by Crippen LogP contribution is 2.27. The molecule has 84 valence electrons. The number of hydrogen-bond acceptors (Lipinski definition) is 5. The van der Waals surface area contributed by atoms with Crippen LogP contribution in [0.3, 0.4) is 0 Å². The van der Waals surface area contributed by atoms with Gasteiger partial charge in [-0.15, -0.1) is 0 Å². The molecule has 0 aromatic carbocycles. The third kappa shape index (κ3) is 1.53. The van der Waals surface area contributed by atoms with Crippen LogP contribution >= 0.6 is 0 Å². The van der Waals surface area contributed by atoms with Gasteiger partial charge in [-0.25, -0.2) is 4.98 Å². The van der Waals surface area contributed by atoms with Crippen LogP contribution in [0.2, 0.25) is 0 Å². The summed E-state index contributed by atoms with van der Waals surface area (Å²) in [5.74, 6) is 0. The Morgan fingerprint density at radius 3 is 3.00 bits per heavy atom. The van der Waals surface area contributed by atoms with Gasteiger partial charge in [0.2, 0.25) is 0 Å². The van der Waals surface area contributed by atoms with Crippen LogP contribution in [0.15, 0.2) is 23.0 Å². The van der Waals surface area contributed by atoms with Gasteiger partial charge in [-0.2, -0.15) is 0 Å². The molecule has 16 heavy (non-hydrogen) atoms. The van der Waals surface area contributed by atoms with Crippen molar-refractivity contribution in [1.82, 2.24) is 10.1 Å². The smallest absolute Gasteiger partial charge is 0.259 e. The van der Waals surface area contributed by atoms with E-state index in [1.54, 1.807) is 12.4 Å². The van der Waals surface area contributed by atoms with Gasteiger partial charge in [0.25, 0.3) is 5.71 Å². The van der Waals surface area contributed by atoms with Crippen molar-refractivity contribution in [3.05, 3.63) is 18.5 Å². The summed E-state index contributed by atoms with van der Waals surface area (Å²) in [4.78, 5) is 6.46. The Kier molecular flexibility index (Phi) is 2.25. The number of piperidine rings is 1. The Balaban J connectivity index is 1.96. The molecule has 1 aliphatic heterocycles. The topological polar surface area (TPSA) is 68.2 Å². The van der Waals surface area contributed by atoms with E-state index < -0.39 is 0 Å².